The molecule has 9 aromatic carbocycles. The molecule has 0 bridgehead atoms. The largest absolute Gasteiger partial charge is 0.455 e. The molecule has 0 unspecified atom stereocenters. The van der Waals surface area contributed by atoms with Gasteiger partial charge in [0.15, 0.2) is 17.5 Å². The van der Waals surface area contributed by atoms with Crippen molar-refractivity contribution in [3.63, 3.8) is 0 Å². The lowest BCUT2D eigenvalue weighted by Crippen LogP contribution is -2.00. The summed E-state index contributed by atoms with van der Waals surface area (Å²) < 4.78 is 9.18. The van der Waals surface area contributed by atoms with Gasteiger partial charge >= 0.3 is 0 Å². The van der Waals surface area contributed by atoms with Crippen LogP contribution in [-0.2, 0) is 0 Å². The van der Waals surface area contributed by atoms with Gasteiger partial charge in [0, 0.05) is 49.3 Å². The Morgan fingerprint density at radius 3 is 1.58 bits per heavy atom. The fraction of sp³-hybridized carbons (Fsp3) is 0.0328. The van der Waals surface area contributed by atoms with Gasteiger partial charge in [-0.25, -0.2) is 15.0 Å². The van der Waals surface area contributed by atoms with Crippen molar-refractivity contribution in [2.45, 2.75) is 12.8 Å². The van der Waals surface area contributed by atoms with E-state index in [1.807, 2.05) is 60.7 Å². The molecule has 310 valence electrons. The van der Waals surface area contributed by atoms with E-state index in [4.69, 9.17) is 19.4 Å². The van der Waals surface area contributed by atoms with Crippen LogP contribution in [0.25, 0.3) is 117 Å². The van der Waals surface area contributed by atoms with E-state index in [1.165, 1.54) is 55.0 Å². The van der Waals surface area contributed by atoms with Crippen LogP contribution in [0.15, 0.2) is 223 Å². The third kappa shape index (κ3) is 6.35. The first-order valence-electron chi connectivity index (χ1n) is 22.6. The summed E-state index contributed by atoms with van der Waals surface area (Å²) in [6, 6.07) is 72.8. The monoisotopic (exact) mass is 844 g/mol. The molecular weight excluding hydrogens is 805 g/mol. The zero-order valence-electron chi connectivity index (χ0n) is 35.9. The van der Waals surface area contributed by atoms with Crippen LogP contribution in [0, 0.1) is 0 Å². The molecule has 0 atom stereocenters. The van der Waals surface area contributed by atoms with Gasteiger partial charge in [-0.05, 0) is 88.0 Å². The number of hydrogen-bond acceptors (Lipinski definition) is 4. The minimum absolute atomic E-state index is 0.650. The number of hydrogen-bond donors (Lipinski definition) is 0. The summed E-state index contributed by atoms with van der Waals surface area (Å²) in [5, 5.41) is 7.05. The standard InChI is InChI=1S/C61H40N4O/c1-3-15-41(16-4-1)59-62-60(42-17-5-2-6-18-42)64-61(63-59)43-31-29-39(30-32-43)44-19-13-20-45(37-44)47-25-14-28-56-57(47)53-38-52(48-21-7-8-24-51(48)58(53)66-56)40-33-35-46(36-34-40)65-54-26-11-9-22-49(54)50-23-10-12-27-55(50)65/h1-12,14-18,20-38H,13,19H2. The number of allylic oxidation sites excluding steroid dienone is 4. The van der Waals surface area contributed by atoms with Gasteiger partial charge in [0.2, 0.25) is 0 Å². The van der Waals surface area contributed by atoms with Gasteiger partial charge in [0.05, 0.1) is 11.0 Å². The number of benzene rings is 9. The molecule has 1 aliphatic rings. The summed E-state index contributed by atoms with van der Waals surface area (Å²) in [5.74, 6) is 1.96. The van der Waals surface area contributed by atoms with Crippen molar-refractivity contribution in [1.29, 1.82) is 0 Å². The Bertz CT molecular complexity index is 3790. The number of fused-ring (bicyclic) bond motifs is 8. The number of furan rings is 1. The fourth-order valence-electron chi connectivity index (χ4n) is 10.0. The normalized spacial score (nSPS) is 12.9. The Kier molecular flexibility index (Phi) is 8.91. The molecule has 0 spiro atoms. The van der Waals surface area contributed by atoms with E-state index >= 15 is 0 Å². The maximum absolute atomic E-state index is 6.81. The van der Waals surface area contributed by atoms with Crippen LogP contribution in [0.5, 0.6) is 0 Å². The molecule has 0 amide bonds. The molecule has 3 aromatic heterocycles. The Labute approximate surface area is 381 Å². The zero-order valence-corrected chi connectivity index (χ0v) is 35.9. The van der Waals surface area contributed by atoms with Crippen molar-refractivity contribution in [3.05, 3.63) is 230 Å². The Balaban J connectivity index is 0.875. The predicted octanol–water partition coefficient (Wildman–Crippen LogP) is 16.0. The SMILES string of the molecule is C1=C(c2ccc(-c3nc(-c4ccccc4)nc(-c4ccccc4)n3)cc2)CCC=C1c1cccc2oc3c4ccccc4c(-c4ccc(-n5c6ccccc6c6ccccc65)cc4)cc3c12. The summed E-state index contributed by atoms with van der Waals surface area (Å²) >= 11 is 0. The lowest BCUT2D eigenvalue weighted by atomic mass is 9.88. The number of para-hydroxylation sites is 2. The van der Waals surface area contributed by atoms with Crippen molar-refractivity contribution in [1.82, 2.24) is 19.5 Å². The lowest BCUT2D eigenvalue weighted by molar-refractivity contribution is 0.672. The second kappa shape index (κ2) is 15.5. The van der Waals surface area contributed by atoms with Gasteiger partial charge in [0.25, 0.3) is 0 Å². The van der Waals surface area contributed by atoms with Crippen molar-refractivity contribution >= 4 is 65.7 Å². The average Bonchev–Trinajstić information content (AvgIpc) is 3.95. The van der Waals surface area contributed by atoms with Crippen molar-refractivity contribution in [3.8, 4) is 51.0 Å². The average molecular weight is 845 g/mol. The van der Waals surface area contributed by atoms with Gasteiger partial charge in [0.1, 0.15) is 11.2 Å². The summed E-state index contributed by atoms with van der Waals surface area (Å²) in [7, 11) is 0. The summed E-state index contributed by atoms with van der Waals surface area (Å²) in [5.41, 5.74) is 15.4. The van der Waals surface area contributed by atoms with Gasteiger partial charge in [-0.1, -0.05) is 182 Å². The van der Waals surface area contributed by atoms with E-state index in [1.54, 1.807) is 0 Å². The van der Waals surface area contributed by atoms with E-state index in [9.17, 15) is 0 Å². The first kappa shape index (κ1) is 37.8. The second-order valence-electron chi connectivity index (χ2n) is 17.0. The van der Waals surface area contributed by atoms with Crippen molar-refractivity contribution in [2.75, 3.05) is 0 Å². The van der Waals surface area contributed by atoms with Crippen LogP contribution in [0.3, 0.4) is 0 Å². The van der Waals surface area contributed by atoms with Crippen LogP contribution in [-0.4, -0.2) is 19.5 Å². The van der Waals surface area contributed by atoms with Crippen LogP contribution in [0.2, 0.25) is 0 Å². The molecule has 5 nitrogen and oxygen atoms in total. The highest BCUT2D eigenvalue weighted by atomic mass is 16.3. The number of nitrogens with zero attached hydrogens (tertiary/aromatic N) is 4. The molecular formula is C61H40N4O. The third-order valence-corrected chi connectivity index (χ3v) is 13.2. The molecule has 0 radical (unpaired) electrons. The fourth-order valence-corrected chi connectivity index (χ4v) is 10.0. The predicted molar refractivity (Wildman–Crippen MR) is 272 cm³/mol. The Hall–Kier alpha value is -8.67. The molecule has 1 aliphatic carbocycles. The molecule has 0 saturated heterocycles. The first-order chi connectivity index (χ1) is 32.7. The minimum Gasteiger partial charge on any atom is -0.455 e. The van der Waals surface area contributed by atoms with E-state index in [2.05, 4.69) is 162 Å². The molecule has 0 aliphatic heterocycles. The molecule has 3 heterocycles. The highest BCUT2D eigenvalue weighted by Crippen LogP contribution is 2.44. The van der Waals surface area contributed by atoms with E-state index in [0.717, 1.165) is 68.1 Å². The van der Waals surface area contributed by atoms with Crippen LogP contribution in [0.1, 0.15) is 24.0 Å². The van der Waals surface area contributed by atoms with E-state index in [-0.39, 0.29) is 0 Å². The van der Waals surface area contributed by atoms with Crippen LogP contribution < -0.4 is 0 Å². The molecule has 5 heteroatoms. The summed E-state index contributed by atoms with van der Waals surface area (Å²) in [4.78, 5) is 14.8. The highest BCUT2D eigenvalue weighted by molar-refractivity contribution is 6.21. The molecule has 0 saturated carbocycles. The molecule has 0 fully saturated rings. The molecule has 0 N–H and O–H groups in total. The van der Waals surface area contributed by atoms with Gasteiger partial charge in [-0.2, -0.15) is 0 Å². The van der Waals surface area contributed by atoms with E-state index < -0.39 is 0 Å². The van der Waals surface area contributed by atoms with Crippen molar-refractivity contribution in [2.24, 2.45) is 0 Å². The summed E-state index contributed by atoms with van der Waals surface area (Å²) in [6.45, 7) is 0. The van der Waals surface area contributed by atoms with Gasteiger partial charge in [-0.15, -0.1) is 0 Å². The summed E-state index contributed by atoms with van der Waals surface area (Å²) in [6.07, 6.45) is 6.63. The van der Waals surface area contributed by atoms with Gasteiger partial charge < -0.3 is 8.98 Å². The third-order valence-electron chi connectivity index (χ3n) is 13.2. The highest BCUT2D eigenvalue weighted by Gasteiger charge is 2.21. The Morgan fingerprint density at radius 1 is 0.409 bits per heavy atom. The first-order valence-corrected chi connectivity index (χ1v) is 22.6. The maximum atomic E-state index is 6.81. The Morgan fingerprint density at radius 2 is 0.939 bits per heavy atom. The van der Waals surface area contributed by atoms with Crippen LogP contribution >= 0.6 is 0 Å². The minimum atomic E-state index is 0.650. The molecule has 13 rings (SSSR count). The van der Waals surface area contributed by atoms with Gasteiger partial charge in [-0.3, -0.25) is 0 Å². The quantitative estimate of drug-likeness (QED) is 0.160. The smallest absolute Gasteiger partial charge is 0.164 e. The number of rotatable bonds is 7. The van der Waals surface area contributed by atoms with Crippen LogP contribution in [0.4, 0.5) is 0 Å². The second-order valence-corrected chi connectivity index (χ2v) is 17.0. The lowest BCUT2D eigenvalue weighted by Gasteiger charge is -2.16. The topological polar surface area (TPSA) is 56.7 Å². The van der Waals surface area contributed by atoms with E-state index in [0.29, 0.717) is 17.5 Å². The maximum Gasteiger partial charge on any atom is 0.164 e. The number of aromatic nitrogens is 4. The molecule has 66 heavy (non-hydrogen) atoms. The molecule has 12 aromatic rings. The zero-order chi connectivity index (χ0) is 43.6. The van der Waals surface area contributed by atoms with Crippen molar-refractivity contribution < 1.29 is 4.42 Å².